The van der Waals surface area contributed by atoms with Crippen molar-refractivity contribution in [3.8, 4) is 5.75 Å². The van der Waals surface area contributed by atoms with Gasteiger partial charge >= 0.3 is 11.4 Å². The molecule has 1 aromatic rings. The number of non-ortho nitro benzene ring substituents is 1. The summed E-state index contributed by atoms with van der Waals surface area (Å²) in [7, 11) is 0. The Labute approximate surface area is 147 Å². The minimum absolute atomic E-state index is 0.0301. The highest BCUT2D eigenvalue weighted by Crippen LogP contribution is 2.39. The van der Waals surface area contributed by atoms with Crippen molar-refractivity contribution in [1.82, 2.24) is 4.90 Å². The molecule has 0 aliphatic carbocycles. The van der Waals surface area contributed by atoms with Crippen molar-refractivity contribution in [3.05, 3.63) is 42.5 Å². The first kappa shape index (κ1) is 19.5. The molecule has 0 unspecified atom stereocenters. The number of nitro groups is 3. The van der Waals surface area contributed by atoms with Crippen LogP contribution in [-0.2, 0) is 0 Å². The Morgan fingerprint density at radius 2 is 1.50 bits per heavy atom. The molecule has 3 rings (SSSR count). The van der Waals surface area contributed by atoms with Crippen LogP contribution in [0.2, 0.25) is 0 Å². The first-order valence-electron chi connectivity index (χ1n) is 7.85. The summed E-state index contributed by atoms with van der Waals surface area (Å²) in [5.41, 5.74) is -3.00. The number of aromatic hydroxyl groups is 1. The van der Waals surface area contributed by atoms with Gasteiger partial charge in [0.05, 0.1) is 33.0 Å². The Morgan fingerprint density at radius 3 is 1.92 bits per heavy atom. The molecule has 0 amide bonds. The zero-order valence-electron chi connectivity index (χ0n) is 13.8. The number of nitrogens with zero attached hydrogens (tertiary/aromatic N) is 4. The van der Waals surface area contributed by atoms with Gasteiger partial charge in [-0.1, -0.05) is 6.92 Å². The molecule has 0 spiro atoms. The van der Waals surface area contributed by atoms with E-state index < -0.39 is 37.6 Å². The Kier molecular flexibility index (Phi) is 5.67. The fourth-order valence-corrected chi connectivity index (χ4v) is 3.38. The summed E-state index contributed by atoms with van der Waals surface area (Å²) >= 11 is 0. The lowest BCUT2D eigenvalue weighted by Crippen LogP contribution is -2.32. The maximum absolute atomic E-state index is 10.4. The lowest BCUT2D eigenvalue weighted by molar-refractivity contribution is -0.404. The molecule has 142 valence electrons. The highest BCUT2D eigenvalue weighted by Gasteiger charge is 2.40. The number of aliphatic hydroxyl groups excluding tert-OH is 1. The molecule has 12 heteroatoms. The molecule has 2 fully saturated rings. The summed E-state index contributed by atoms with van der Waals surface area (Å²) in [4.78, 5) is 30.2. The van der Waals surface area contributed by atoms with Gasteiger partial charge < -0.3 is 10.2 Å². The maximum Gasteiger partial charge on any atom is 0.324 e. The number of nitro benzene ring substituents is 3. The van der Waals surface area contributed by atoms with Crippen LogP contribution in [0.25, 0.3) is 0 Å². The Bertz CT molecular complexity index is 691. The molecule has 2 heterocycles. The second-order valence-corrected chi connectivity index (χ2v) is 6.25. The van der Waals surface area contributed by atoms with Gasteiger partial charge in [-0.2, -0.15) is 0 Å². The standard InChI is InChI=1S/C8H15NO.C6H3N3O7/c1-6-2-4-9-5-3-7(10)8(6)9;10-6-4(8(13)14)1-3(7(11)12)2-5(6)9(15)16/h6-8,10H,2-5H2,1H3;1-2,10H/t6-,7+,8+;/m1./s1. The van der Waals surface area contributed by atoms with Crippen molar-refractivity contribution >= 4 is 17.1 Å². The Hall–Kier alpha value is -2.86. The van der Waals surface area contributed by atoms with Crippen LogP contribution in [0, 0.1) is 36.3 Å². The molecule has 0 saturated carbocycles. The van der Waals surface area contributed by atoms with Crippen LogP contribution >= 0.6 is 0 Å². The highest BCUT2D eigenvalue weighted by atomic mass is 16.6. The molecule has 1 aromatic carbocycles. The topological polar surface area (TPSA) is 173 Å². The molecular formula is C14H18N4O8. The number of benzene rings is 1. The van der Waals surface area contributed by atoms with Crippen molar-refractivity contribution in [1.29, 1.82) is 0 Å². The number of phenols is 1. The first-order chi connectivity index (χ1) is 12.1. The van der Waals surface area contributed by atoms with E-state index in [0.717, 1.165) is 18.9 Å². The third kappa shape index (κ3) is 3.86. The van der Waals surface area contributed by atoms with Crippen LogP contribution in [0.3, 0.4) is 0 Å². The molecule has 2 saturated heterocycles. The van der Waals surface area contributed by atoms with Crippen LogP contribution in [0.4, 0.5) is 17.1 Å². The maximum atomic E-state index is 10.4. The van der Waals surface area contributed by atoms with E-state index in [9.17, 15) is 35.4 Å². The van der Waals surface area contributed by atoms with E-state index in [4.69, 9.17) is 5.11 Å². The summed E-state index contributed by atoms with van der Waals surface area (Å²) in [6.45, 7) is 4.58. The summed E-state index contributed by atoms with van der Waals surface area (Å²) in [5, 5.41) is 49.7. The molecule has 2 aliphatic heterocycles. The van der Waals surface area contributed by atoms with Crippen LogP contribution in [0.5, 0.6) is 5.75 Å². The minimum Gasteiger partial charge on any atom is -0.497 e. The van der Waals surface area contributed by atoms with Gasteiger partial charge in [-0.3, -0.25) is 35.2 Å². The predicted molar refractivity (Wildman–Crippen MR) is 87.8 cm³/mol. The quantitative estimate of drug-likeness (QED) is 0.591. The Balaban J connectivity index is 0.000000206. The van der Waals surface area contributed by atoms with Gasteiger partial charge in [-0.05, 0) is 25.3 Å². The van der Waals surface area contributed by atoms with E-state index in [2.05, 4.69) is 11.8 Å². The SMILES string of the molecule is C[C@@H]1CCN2CC[C@H](O)[C@H]12.O=[N+]([O-])c1cc([N+](=O)[O-])c(O)c([N+](=O)[O-])c1. The van der Waals surface area contributed by atoms with Crippen molar-refractivity contribution in [3.63, 3.8) is 0 Å². The smallest absolute Gasteiger partial charge is 0.324 e. The normalized spacial score (nSPS) is 24.5. The number of rotatable bonds is 3. The second kappa shape index (κ2) is 7.58. The van der Waals surface area contributed by atoms with Crippen molar-refractivity contribution < 1.29 is 25.0 Å². The zero-order valence-corrected chi connectivity index (χ0v) is 13.8. The van der Waals surface area contributed by atoms with Crippen LogP contribution in [0.1, 0.15) is 19.8 Å². The third-order valence-corrected chi connectivity index (χ3v) is 4.64. The lowest BCUT2D eigenvalue weighted by Gasteiger charge is -2.19. The summed E-state index contributed by atoms with van der Waals surface area (Å²) in [5.74, 6) is -0.488. The molecular weight excluding hydrogens is 352 g/mol. The van der Waals surface area contributed by atoms with Crippen molar-refractivity contribution in [2.24, 2.45) is 5.92 Å². The van der Waals surface area contributed by atoms with Gasteiger partial charge in [0.25, 0.3) is 11.4 Å². The number of fused-ring (bicyclic) bond motifs is 1. The Morgan fingerprint density at radius 1 is 1.00 bits per heavy atom. The summed E-state index contributed by atoms with van der Waals surface area (Å²) in [6.07, 6.45) is 2.24. The highest BCUT2D eigenvalue weighted by molar-refractivity contribution is 5.64. The lowest BCUT2D eigenvalue weighted by atomic mass is 9.99. The molecule has 3 atom stereocenters. The van der Waals surface area contributed by atoms with Crippen LogP contribution in [-0.4, -0.2) is 55.1 Å². The van der Waals surface area contributed by atoms with E-state index in [1.54, 1.807) is 0 Å². The van der Waals surface area contributed by atoms with Crippen LogP contribution < -0.4 is 0 Å². The number of hydrogen-bond acceptors (Lipinski definition) is 9. The van der Waals surface area contributed by atoms with Crippen LogP contribution in [0.15, 0.2) is 12.1 Å². The average molecular weight is 370 g/mol. The minimum atomic E-state index is -1.21. The monoisotopic (exact) mass is 370 g/mol. The molecule has 0 aromatic heterocycles. The fourth-order valence-electron chi connectivity index (χ4n) is 3.38. The van der Waals surface area contributed by atoms with Gasteiger partial charge in [-0.25, -0.2) is 0 Å². The second-order valence-electron chi connectivity index (χ2n) is 6.25. The summed E-state index contributed by atoms with van der Waals surface area (Å²) < 4.78 is 0. The predicted octanol–water partition coefficient (Wildman–Crippen LogP) is 1.58. The fraction of sp³-hybridized carbons (Fsp3) is 0.571. The van der Waals surface area contributed by atoms with Gasteiger partial charge in [-0.15, -0.1) is 0 Å². The van der Waals surface area contributed by atoms with Gasteiger partial charge in [0.15, 0.2) is 0 Å². The van der Waals surface area contributed by atoms with E-state index in [1.807, 2.05) is 0 Å². The molecule has 12 nitrogen and oxygen atoms in total. The molecule has 0 bridgehead atoms. The number of hydrogen-bond donors (Lipinski definition) is 2. The van der Waals surface area contributed by atoms with E-state index in [1.165, 1.54) is 13.0 Å². The average Bonchev–Trinajstić information content (AvgIpc) is 3.11. The zero-order chi connectivity index (χ0) is 19.6. The molecule has 0 radical (unpaired) electrons. The third-order valence-electron chi connectivity index (χ3n) is 4.64. The van der Waals surface area contributed by atoms with Crippen molar-refractivity contribution in [2.45, 2.75) is 31.9 Å². The van der Waals surface area contributed by atoms with Crippen molar-refractivity contribution in [2.75, 3.05) is 13.1 Å². The van der Waals surface area contributed by atoms with Gasteiger partial charge in [0, 0.05) is 12.6 Å². The van der Waals surface area contributed by atoms with E-state index >= 15 is 0 Å². The first-order valence-corrected chi connectivity index (χ1v) is 7.85. The largest absolute Gasteiger partial charge is 0.497 e. The molecule has 2 N–H and O–H groups in total. The number of phenolic OH excluding ortho intramolecular Hbond substituents is 1. The summed E-state index contributed by atoms with van der Waals surface area (Å²) in [6, 6.07) is 1.39. The number of aliphatic hydroxyl groups is 1. The van der Waals surface area contributed by atoms with Gasteiger partial charge in [0.2, 0.25) is 0 Å². The van der Waals surface area contributed by atoms with E-state index in [-0.39, 0.29) is 6.10 Å². The molecule has 2 aliphatic rings. The van der Waals surface area contributed by atoms with E-state index in [0.29, 0.717) is 18.2 Å². The van der Waals surface area contributed by atoms with Gasteiger partial charge in [0.1, 0.15) is 0 Å². The molecule has 26 heavy (non-hydrogen) atoms.